The molecule has 3 aliphatic rings. The lowest BCUT2D eigenvalue weighted by molar-refractivity contribution is 0.00234. The summed E-state index contributed by atoms with van der Waals surface area (Å²) in [5.41, 5.74) is 3.53. The molecule has 32 heavy (non-hydrogen) atoms. The van der Waals surface area contributed by atoms with E-state index in [4.69, 9.17) is 4.98 Å². The summed E-state index contributed by atoms with van der Waals surface area (Å²) in [5, 5.41) is 15.3. The molecule has 0 amide bonds. The minimum Gasteiger partial charge on any atom is -0.389 e. The molecule has 5 nitrogen and oxygen atoms in total. The van der Waals surface area contributed by atoms with E-state index < -0.39 is 5.60 Å². The van der Waals surface area contributed by atoms with Crippen LogP contribution in [0.2, 0.25) is 0 Å². The number of fused-ring (bicyclic) bond motifs is 4. The highest BCUT2D eigenvalue weighted by Crippen LogP contribution is 2.35. The summed E-state index contributed by atoms with van der Waals surface area (Å²) in [5.74, 6) is 0. The highest BCUT2D eigenvalue weighted by atomic mass is 32.1. The van der Waals surface area contributed by atoms with Gasteiger partial charge in [0, 0.05) is 23.5 Å². The number of nitrogens with zero attached hydrogens (tertiary/aromatic N) is 2. The van der Waals surface area contributed by atoms with Crippen molar-refractivity contribution in [1.29, 1.82) is 0 Å². The summed E-state index contributed by atoms with van der Waals surface area (Å²) >= 11 is 1.69. The lowest BCUT2D eigenvalue weighted by Crippen LogP contribution is -2.47. The van der Waals surface area contributed by atoms with E-state index in [0.717, 1.165) is 68.0 Å². The molecular formula is C26H31N3O2S. The smallest absolute Gasteiger partial charge is 0.262 e. The minimum atomic E-state index is -0.535. The predicted molar refractivity (Wildman–Crippen MR) is 129 cm³/mol. The van der Waals surface area contributed by atoms with Crippen molar-refractivity contribution in [2.45, 2.75) is 81.9 Å². The van der Waals surface area contributed by atoms with Crippen LogP contribution < -0.4 is 10.9 Å². The first-order valence-corrected chi connectivity index (χ1v) is 13.0. The minimum absolute atomic E-state index is 0.133. The van der Waals surface area contributed by atoms with Gasteiger partial charge in [-0.15, -0.1) is 11.3 Å². The van der Waals surface area contributed by atoms with Crippen molar-refractivity contribution >= 4 is 21.6 Å². The second-order valence-corrected chi connectivity index (χ2v) is 11.2. The fourth-order valence-corrected chi connectivity index (χ4v) is 7.32. The first-order chi connectivity index (χ1) is 15.6. The largest absolute Gasteiger partial charge is 0.389 e. The van der Waals surface area contributed by atoms with E-state index in [1.165, 1.54) is 28.0 Å². The van der Waals surface area contributed by atoms with Crippen LogP contribution in [-0.2, 0) is 25.7 Å². The zero-order chi connectivity index (χ0) is 21.7. The number of aryl methyl sites for hydroxylation is 1. The highest BCUT2D eigenvalue weighted by Gasteiger charge is 2.32. The monoisotopic (exact) mass is 449 g/mol. The van der Waals surface area contributed by atoms with Crippen molar-refractivity contribution in [2.24, 2.45) is 0 Å². The summed E-state index contributed by atoms with van der Waals surface area (Å²) in [4.78, 5) is 20.5. The molecular weight excluding hydrogens is 418 g/mol. The number of nitrogens with one attached hydrogen (secondary N) is 1. The Hall–Kier alpha value is -2.02. The molecule has 1 atom stereocenters. The maximum atomic E-state index is 13.5. The van der Waals surface area contributed by atoms with Crippen molar-refractivity contribution < 1.29 is 5.11 Å². The quantitative estimate of drug-likeness (QED) is 0.633. The number of benzene rings is 1. The Morgan fingerprint density at radius 3 is 2.62 bits per heavy atom. The Kier molecular flexibility index (Phi) is 5.20. The molecule has 0 aliphatic heterocycles. The molecule has 1 fully saturated rings. The Morgan fingerprint density at radius 1 is 1.12 bits per heavy atom. The number of hydrogen-bond acceptors (Lipinski definition) is 5. The molecule has 2 heterocycles. The van der Waals surface area contributed by atoms with Gasteiger partial charge in [0.1, 0.15) is 4.83 Å². The lowest BCUT2D eigenvalue weighted by Gasteiger charge is -2.34. The maximum absolute atomic E-state index is 13.5. The van der Waals surface area contributed by atoms with Gasteiger partial charge in [0.15, 0.2) is 0 Å². The average Bonchev–Trinajstić information content (AvgIpc) is 3.39. The van der Waals surface area contributed by atoms with E-state index >= 15 is 0 Å². The first kappa shape index (κ1) is 20.6. The summed E-state index contributed by atoms with van der Waals surface area (Å²) in [6, 6.07) is 9.05. The van der Waals surface area contributed by atoms with Gasteiger partial charge in [-0.25, -0.2) is 4.98 Å². The van der Waals surface area contributed by atoms with Gasteiger partial charge >= 0.3 is 0 Å². The van der Waals surface area contributed by atoms with Gasteiger partial charge in [0.25, 0.3) is 5.56 Å². The van der Waals surface area contributed by atoms with Gasteiger partial charge in [-0.05, 0) is 61.6 Å². The molecule has 0 spiro atoms. The third-order valence-electron chi connectivity index (χ3n) is 7.92. The molecule has 1 unspecified atom stereocenters. The van der Waals surface area contributed by atoms with Crippen molar-refractivity contribution in [3.63, 3.8) is 0 Å². The van der Waals surface area contributed by atoms with Gasteiger partial charge < -0.3 is 10.4 Å². The van der Waals surface area contributed by atoms with Crippen molar-refractivity contribution in [1.82, 2.24) is 14.9 Å². The molecule has 1 saturated carbocycles. The van der Waals surface area contributed by atoms with E-state index in [2.05, 4.69) is 29.6 Å². The van der Waals surface area contributed by atoms with Crippen molar-refractivity contribution in [3.8, 4) is 0 Å². The second-order valence-electron chi connectivity index (χ2n) is 10.1. The van der Waals surface area contributed by atoms with Gasteiger partial charge in [-0.3, -0.25) is 9.36 Å². The Labute approximate surface area is 192 Å². The molecule has 2 N–H and O–H groups in total. The molecule has 6 rings (SSSR count). The first-order valence-electron chi connectivity index (χ1n) is 12.1. The fraction of sp³-hybridized carbons (Fsp3) is 0.538. The van der Waals surface area contributed by atoms with Crippen LogP contribution in [0.15, 0.2) is 35.4 Å². The number of hydrogen-bond donors (Lipinski definition) is 2. The predicted octanol–water partition coefficient (Wildman–Crippen LogP) is 3.94. The topological polar surface area (TPSA) is 67.2 Å². The van der Waals surface area contributed by atoms with E-state index in [1.807, 2.05) is 4.57 Å². The van der Waals surface area contributed by atoms with Crippen LogP contribution in [0, 0.1) is 0 Å². The van der Waals surface area contributed by atoms with Crippen LogP contribution in [-0.4, -0.2) is 32.8 Å². The molecule has 0 saturated heterocycles. The van der Waals surface area contributed by atoms with E-state index in [-0.39, 0.29) is 11.6 Å². The molecule has 3 aromatic rings. The Balaban J connectivity index is 1.22. The van der Waals surface area contributed by atoms with Crippen LogP contribution >= 0.6 is 11.3 Å². The zero-order valence-corrected chi connectivity index (χ0v) is 19.3. The summed E-state index contributed by atoms with van der Waals surface area (Å²) < 4.78 is 1.89. The van der Waals surface area contributed by atoms with Gasteiger partial charge in [0.05, 0.1) is 17.3 Å². The van der Waals surface area contributed by atoms with Crippen LogP contribution in [0.5, 0.6) is 0 Å². The molecule has 0 radical (unpaired) electrons. The van der Waals surface area contributed by atoms with Crippen LogP contribution in [0.1, 0.15) is 66.1 Å². The third-order valence-corrected chi connectivity index (χ3v) is 9.08. The highest BCUT2D eigenvalue weighted by molar-refractivity contribution is 7.18. The van der Waals surface area contributed by atoms with Crippen LogP contribution in [0.3, 0.4) is 0 Å². The molecule has 168 valence electrons. The van der Waals surface area contributed by atoms with E-state index in [9.17, 15) is 9.90 Å². The van der Waals surface area contributed by atoms with Gasteiger partial charge in [-0.1, -0.05) is 43.5 Å². The molecule has 6 heteroatoms. The number of aliphatic hydroxyl groups is 1. The van der Waals surface area contributed by atoms with E-state index in [1.54, 1.807) is 17.7 Å². The van der Waals surface area contributed by atoms with Crippen LogP contribution in [0.4, 0.5) is 0 Å². The zero-order valence-electron chi connectivity index (χ0n) is 18.5. The number of aromatic nitrogens is 2. The Morgan fingerprint density at radius 2 is 1.88 bits per heavy atom. The van der Waals surface area contributed by atoms with Crippen molar-refractivity contribution in [2.75, 3.05) is 6.54 Å². The Bertz CT molecular complexity index is 1180. The van der Waals surface area contributed by atoms with Gasteiger partial charge in [0.2, 0.25) is 0 Å². The van der Waals surface area contributed by atoms with Crippen molar-refractivity contribution in [3.05, 3.63) is 62.5 Å². The third kappa shape index (κ3) is 3.62. The normalized spacial score (nSPS) is 22.7. The van der Waals surface area contributed by atoms with Crippen LogP contribution in [0.25, 0.3) is 10.2 Å². The fourth-order valence-electron chi connectivity index (χ4n) is 6.07. The van der Waals surface area contributed by atoms with E-state index in [0.29, 0.717) is 12.6 Å². The molecule has 1 aromatic carbocycles. The van der Waals surface area contributed by atoms with Gasteiger partial charge in [-0.2, -0.15) is 0 Å². The molecule has 0 bridgehead atoms. The number of thiophene rings is 1. The average molecular weight is 450 g/mol. The molecule has 3 aliphatic carbocycles. The second kappa shape index (κ2) is 8.08. The summed E-state index contributed by atoms with van der Waals surface area (Å²) in [7, 11) is 0. The summed E-state index contributed by atoms with van der Waals surface area (Å²) in [6.45, 7) is 0.686. The molecule has 2 aromatic heterocycles. The maximum Gasteiger partial charge on any atom is 0.262 e. The number of rotatable bonds is 4. The summed E-state index contributed by atoms with van der Waals surface area (Å²) in [6.07, 6.45) is 11.8. The lowest BCUT2D eigenvalue weighted by atomic mass is 9.84. The standard InChI is InChI=1S/C26H31N3O2S/c30-25-23-21-9-8-19(27-15-26(31)10-4-1-5-11-26)14-22(21)32-24(23)28-16-29(25)20-12-17-6-2-3-7-18(17)13-20/h2-3,6-7,16,19-20,27,31H,1,4-5,8-15H2. The SMILES string of the molecule is O=c1c2c3c(sc2ncn1C1Cc2ccccc2C1)CC(NCC1(O)CCCCC1)CC3.